The fraction of sp³-hybridized carbons (Fsp3) is 0.200. The van der Waals surface area contributed by atoms with E-state index < -0.39 is 6.10 Å². The first kappa shape index (κ1) is 17.0. The molecule has 27 heavy (non-hydrogen) atoms. The van der Waals surface area contributed by atoms with E-state index in [2.05, 4.69) is 15.5 Å². The van der Waals surface area contributed by atoms with Crippen molar-refractivity contribution in [2.45, 2.75) is 13.0 Å². The number of para-hydroxylation sites is 2. The number of anilines is 1. The summed E-state index contributed by atoms with van der Waals surface area (Å²) in [6.45, 7) is 2.04. The number of ether oxygens (including phenoxy) is 3. The highest BCUT2D eigenvalue weighted by Crippen LogP contribution is 2.33. The zero-order valence-corrected chi connectivity index (χ0v) is 15.0. The van der Waals surface area contributed by atoms with Gasteiger partial charge in [-0.25, -0.2) is 0 Å². The van der Waals surface area contributed by atoms with Gasteiger partial charge >= 0.3 is 0 Å². The van der Waals surface area contributed by atoms with Crippen molar-refractivity contribution in [3.8, 4) is 28.4 Å². The number of nitrogens with zero attached hydrogens (tertiary/aromatic N) is 1. The van der Waals surface area contributed by atoms with Gasteiger partial charge in [-0.3, -0.25) is 9.89 Å². The molecule has 7 heteroatoms. The van der Waals surface area contributed by atoms with Crippen molar-refractivity contribution in [1.29, 1.82) is 0 Å². The Morgan fingerprint density at radius 3 is 2.67 bits per heavy atom. The monoisotopic (exact) mass is 365 g/mol. The highest BCUT2D eigenvalue weighted by Gasteiger charge is 2.28. The summed E-state index contributed by atoms with van der Waals surface area (Å²) >= 11 is 0. The molecule has 3 aromatic rings. The molecular weight excluding hydrogens is 346 g/mol. The Morgan fingerprint density at radius 1 is 1.19 bits per heavy atom. The molecule has 0 fully saturated rings. The first-order chi connectivity index (χ1) is 13.2. The fourth-order valence-corrected chi connectivity index (χ4v) is 2.98. The Morgan fingerprint density at radius 2 is 1.93 bits per heavy atom. The molecule has 138 valence electrons. The molecule has 0 aliphatic carbocycles. The van der Waals surface area contributed by atoms with Crippen LogP contribution in [0.1, 0.15) is 5.69 Å². The van der Waals surface area contributed by atoms with Crippen LogP contribution < -0.4 is 19.5 Å². The standard InChI is InChI=1S/C20H19N3O4/c1-12-18(13-7-9-14(25-2)10-8-13)19(23-22-12)21-20(24)17-11-26-15-5-3-4-6-16(15)27-17/h3-10,17H,11H2,1-2H3,(H2,21,22,23,24). The third-order valence-corrected chi connectivity index (χ3v) is 4.37. The van der Waals surface area contributed by atoms with Gasteiger partial charge in [0.1, 0.15) is 12.4 Å². The summed E-state index contributed by atoms with van der Waals surface area (Å²) in [7, 11) is 1.62. The maximum absolute atomic E-state index is 12.7. The van der Waals surface area contributed by atoms with Crippen LogP contribution in [0, 0.1) is 6.92 Å². The van der Waals surface area contributed by atoms with Crippen molar-refractivity contribution in [2.75, 3.05) is 19.0 Å². The predicted molar refractivity (Wildman–Crippen MR) is 100 cm³/mol. The summed E-state index contributed by atoms with van der Waals surface area (Å²) in [6.07, 6.45) is -0.749. The highest BCUT2D eigenvalue weighted by atomic mass is 16.6. The molecule has 2 aromatic carbocycles. The third kappa shape index (κ3) is 3.31. The molecular formula is C20H19N3O4. The van der Waals surface area contributed by atoms with E-state index >= 15 is 0 Å². The molecule has 7 nitrogen and oxygen atoms in total. The molecule has 1 unspecified atom stereocenters. The smallest absolute Gasteiger partial charge is 0.270 e. The van der Waals surface area contributed by atoms with Crippen molar-refractivity contribution in [2.24, 2.45) is 0 Å². The minimum Gasteiger partial charge on any atom is -0.497 e. The average Bonchev–Trinajstić information content (AvgIpc) is 3.07. The van der Waals surface area contributed by atoms with E-state index in [1.807, 2.05) is 49.4 Å². The summed E-state index contributed by atoms with van der Waals surface area (Å²) < 4.78 is 16.6. The SMILES string of the molecule is COc1ccc(-c2c(NC(=O)C3COc4ccccc4O3)n[nH]c2C)cc1. The number of nitrogens with one attached hydrogen (secondary N) is 2. The second-order valence-corrected chi connectivity index (χ2v) is 6.15. The number of aromatic nitrogens is 2. The van der Waals surface area contributed by atoms with Gasteiger partial charge < -0.3 is 19.5 Å². The summed E-state index contributed by atoms with van der Waals surface area (Å²) in [5.74, 6) is 2.08. The van der Waals surface area contributed by atoms with Gasteiger partial charge in [0.2, 0.25) is 6.10 Å². The number of carbonyl (C=O) groups excluding carboxylic acids is 1. The molecule has 0 saturated carbocycles. The number of benzene rings is 2. The Bertz CT molecular complexity index is 966. The van der Waals surface area contributed by atoms with Crippen LogP contribution in [0.25, 0.3) is 11.1 Å². The molecule has 2 N–H and O–H groups in total. The topological polar surface area (TPSA) is 85.5 Å². The van der Waals surface area contributed by atoms with Crippen molar-refractivity contribution >= 4 is 11.7 Å². The maximum atomic E-state index is 12.7. The lowest BCUT2D eigenvalue weighted by atomic mass is 10.1. The van der Waals surface area contributed by atoms with Crippen molar-refractivity contribution < 1.29 is 19.0 Å². The first-order valence-electron chi connectivity index (χ1n) is 8.54. The van der Waals surface area contributed by atoms with Gasteiger partial charge in [-0.05, 0) is 36.8 Å². The number of aromatic amines is 1. The van der Waals surface area contributed by atoms with Crippen LogP contribution in [0.2, 0.25) is 0 Å². The van der Waals surface area contributed by atoms with Gasteiger partial charge in [0.25, 0.3) is 5.91 Å². The van der Waals surface area contributed by atoms with Crippen molar-refractivity contribution in [3.63, 3.8) is 0 Å². The molecule has 1 aliphatic heterocycles. The minimum atomic E-state index is -0.749. The molecule has 4 rings (SSSR count). The first-order valence-corrected chi connectivity index (χ1v) is 8.54. The Hall–Kier alpha value is -3.48. The van der Waals surface area contributed by atoms with Gasteiger partial charge in [-0.15, -0.1) is 0 Å². The second-order valence-electron chi connectivity index (χ2n) is 6.15. The number of rotatable bonds is 4. The zero-order valence-electron chi connectivity index (χ0n) is 15.0. The number of aryl methyl sites for hydroxylation is 1. The lowest BCUT2D eigenvalue weighted by molar-refractivity contribution is -0.125. The molecule has 1 aliphatic rings. The molecule has 0 saturated heterocycles. The number of hydrogen-bond acceptors (Lipinski definition) is 5. The number of fused-ring (bicyclic) bond motifs is 1. The van der Waals surface area contributed by atoms with Crippen LogP contribution in [0.3, 0.4) is 0 Å². The van der Waals surface area contributed by atoms with Gasteiger partial charge in [0.15, 0.2) is 17.3 Å². The van der Waals surface area contributed by atoms with Crippen LogP contribution in [0.4, 0.5) is 5.82 Å². The molecule has 0 spiro atoms. The van der Waals surface area contributed by atoms with Gasteiger partial charge in [-0.2, -0.15) is 5.10 Å². The van der Waals surface area contributed by atoms with E-state index in [9.17, 15) is 4.79 Å². The van der Waals surface area contributed by atoms with Gasteiger partial charge in [0, 0.05) is 11.3 Å². The molecule has 2 heterocycles. The highest BCUT2D eigenvalue weighted by molar-refractivity contribution is 5.97. The number of carbonyl (C=O) groups is 1. The summed E-state index contributed by atoms with van der Waals surface area (Å²) in [4.78, 5) is 12.7. The van der Waals surface area contributed by atoms with E-state index in [1.54, 1.807) is 13.2 Å². The van der Waals surface area contributed by atoms with Crippen LogP contribution in [0.15, 0.2) is 48.5 Å². The normalized spacial score (nSPS) is 15.3. The van der Waals surface area contributed by atoms with Crippen LogP contribution in [-0.4, -0.2) is 35.9 Å². The van der Waals surface area contributed by atoms with E-state index in [4.69, 9.17) is 14.2 Å². The second kappa shape index (κ2) is 7.03. The maximum Gasteiger partial charge on any atom is 0.270 e. The third-order valence-electron chi connectivity index (χ3n) is 4.37. The van der Waals surface area contributed by atoms with Crippen molar-refractivity contribution in [1.82, 2.24) is 10.2 Å². The quantitative estimate of drug-likeness (QED) is 0.742. The van der Waals surface area contributed by atoms with E-state index in [-0.39, 0.29) is 12.5 Å². The zero-order chi connectivity index (χ0) is 18.8. The van der Waals surface area contributed by atoms with E-state index in [0.29, 0.717) is 17.3 Å². The minimum absolute atomic E-state index is 0.143. The number of amides is 1. The summed E-state index contributed by atoms with van der Waals surface area (Å²) in [5, 5.41) is 9.99. The van der Waals surface area contributed by atoms with Gasteiger partial charge in [-0.1, -0.05) is 24.3 Å². The lowest BCUT2D eigenvalue weighted by Crippen LogP contribution is -2.40. The fourth-order valence-electron chi connectivity index (χ4n) is 2.98. The summed E-state index contributed by atoms with van der Waals surface area (Å²) in [6, 6.07) is 14.8. The Kier molecular flexibility index (Phi) is 4.42. The molecule has 1 atom stereocenters. The number of H-pyrrole nitrogens is 1. The molecule has 1 aromatic heterocycles. The number of methoxy groups -OCH3 is 1. The number of hydrogen-bond donors (Lipinski definition) is 2. The van der Waals surface area contributed by atoms with Crippen molar-refractivity contribution in [3.05, 3.63) is 54.2 Å². The molecule has 0 radical (unpaired) electrons. The van der Waals surface area contributed by atoms with Crippen LogP contribution in [-0.2, 0) is 4.79 Å². The summed E-state index contributed by atoms with van der Waals surface area (Å²) in [5.41, 5.74) is 2.59. The molecule has 0 bridgehead atoms. The van der Waals surface area contributed by atoms with E-state index in [0.717, 1.165) is 22.6 Å². The average molecular weight is 365 g/mol. The predicted octanol–water partition coefficient (Wildman–Crippen LogP) is 3.17. The Labute approximate surface area is 156 Å². The van der Waals surface area contributed by atoms with Crippen LogP contribution >= 0.6 is 0 Å². The Balaban J connectivity index is 1.54. The van der Waals surface area contributed by atoms with E-state index in [1.165, 1.54) is 0 Å². The van der Waals surface area contributed by atoms with Gasteiger partial charge in [0.05, 0.1) is 7.11 Å². The van der Waals surface area contributed by atoms with Crippen LogP contribution in [0.5, 0.6) is 17.2 Å². The molecule has 1 amide bonds. The largest absolute Gasteiger partial charge is 0.497 e. The lowest BCUT2D eigenvalue weighted by Gasteiger charge is -2.25.